The zero-order valence-corrected chi connectivity index (χ0v) is 10.7. The maximum Gasteiger partial charge on any atom is 0.351 e. The van der Waals surface area contributed by atoms with E-state index >= 15 is 0 Å². The highest BCUT2D eigenvalue weighted by atomic mass is 16.4. The van der Waals surface area contributed by atoms with Gasteiger partial charge in [0.25, 0.3) is 0 Å². The van der Waals surface area contributed by atoms with Gasteiger partial charge in [0.2, 0.25) is 0 Å². The molecule has 0 fully saturated rings. The second kappa shape index (κ2) is 7.09. The van der Waals surface area contributed by atoms with Gasteiger partial charge in [-0.25, -0.2) is 4.79 Å². The van der Waals surface area contributed by atoms with E-state index in [1.54, 1.807) is 6.92 Å². The Labute approximate surface area is 98.0 Å². The molecule has 0 aromatic rings. The summed E-state index contributed by atoms with van der Waals surface area (Å²) >= 11 is 0. The minimum Gasteiger partial charge on any atom is -0.477 e. The summed E-state index contributed by atoms with van der Waals surface area (Å²) in [6, 6.07) is 0. The first-order valence-electron chi connectivity index (χ1n) is 5.66. The fourth-order valence-electron chi connectivity index (χ4n) is 1.57. The van der Waals surface area contributed by atoms with Crippen LogP contribution >= 0.6 is 0 Å². The number of allylic oxidation sites excluding steroid dienone is 3. The Balaban J connectivity index is 4.15. The van der Waals surface area contributed by atoms with Gasteiger partial charge in [0.15, 0.2) is 0 Å². The minimum absolute atomic E-state index is 0.00550. The molecule has 0 aliphatic carbocycles. The monoisotopic (exact) mass is 225 g/mol. The fourth-order valence-corrected chi connectivity index (χ4v) is 1.57. The normalized spacial score (nSPS) is 14.0. The highest BCUT2D eigenvalue weighted by Gasteiger charge is 2.09. The predicted molar refractivity (Wildman–Crippen MR) is 67.0 cm³/mol. The molecule has 0 aliphatic heterocycles. The molecule has 0 heterocycles. The van der Waals surface area contributed by atoms with Gasteiger partial charge in [-0.05, 0) is 51.5 Å². The van der Waals surface area contributed by atoms with Gasteiger partial charge in [0.05, 0.1) is 0 Å². The number of carboxylic acids is 1. The molecule has 0 aromatic heterocycles. The molecular formula is C13H23NO2. The van der Waals surface area contributed by atoms with Crippen molar-refractivity contribution in [3.05, 3.63) is 22.9 Å². The van der Waals surface area contributed by atoms with E-state index in [1.807, 2.05) is 0 Å². The lowest BCUT2D eigenvalue weighted by atomic mass is 9.96. The summed E-state index contributed by atoms with van der Waals surface area (Å²) in [5, 5.41) is 8.72. The largest absolute Gasteiger partial charge is 0.477 e. The minimum atomic E-state index is -1.02. The zero-order valence-electron chi connectivity index (χ0n) is 10.7. The standard InChI is InChI=1S/C13H23NO2/c1-9(2)6-5-7-10(3)8-11(4)12(14)13(15)16/h6,10H,5,7-8,14H2,1-4H3,(H,15,16). The molecule has 0 spiro atoms. The van der Waals surface area contributed by atoms with Crippen LogP contribution in [0.5, 0.6) is 0 Å². The Hall–Kier alpha value is -1.25. The molecule has 0 bridgehead atoms. The van der Waals surface area contributed by atoms with Gasteiger partial charge in [-0.3, -0.25) is 0 Å². The third kappa shape index (κ3) is 6.27. The Bertz CT molecular complexity index is 299. The van der Waals surface area contributed by atoms with Crippen LogP contribution in [-0.4, -0.2) is 11.1 Å². The number of hydrogen-bond donors (Lipinski definition) is 2. The van der Waals surface area contributed by atoms with Gasteiger partial charge in [-0.2, -0.15) is 0 Å². The molecule has 0 aromatic carbocycles. The number of carboxylic acid groups (broad SMARTS) is 1. The summed E-state index contributed by atoms with van der Waals surface area (Å²) in [7, 11) is 0. The fraction of sp³-hybridized carbons (Fsp3) is 0.615. The first-order valence-corrected chi connectivity index (χ1v) is 5.66. The van der Waals surface area contributed by atoms with Gasteiger partial charge >= 0.3 is 5.97 Å². The van der Waals surface area contributed by atoms with Gasteiger partial charge in [0.1, 0.15) is 5.70 Å². The van der Waals surface area contributed by atoms with Crippen LogP contribution in [0.15, 0.2) is 22.9 Å². The third-order valence-corrected chi connectivity index (χ3v) is 2.56. The molecular weight excluding hydrogens is 202 g/mol. The van der Waals surface area contributed by atoms with Crippen LogP contribution in [0.2, 0.25) is 0 Å². The maximum atomic E-state index is 10.6. The summed E-state index contributed by atoms with van der Waals surface area (Å²) in [4.78, 5) is 10.6. The van der Waals surface area contributed by atoms with Crippen LogP contribution in [0.25, 0.3) is 0 Å². The molecule has 0 rings (SSSR count). The molecule has 0 amide bonds. The van der Waals surface area contributed by atoms with Gasteiger partial charge < -0.3 is 10.8 Å². The lowest BCUT2D eigenvalue weighted by Gasteiger charge is -2.11. The van der Waals surface area contributed by atoms with Crippen molar-refractivity contribution in [1.82, 2.24) is 0 Å². The second-order valence-corrected chi connectivity index (χ2v) is 4.67. The van der Waals surface area contributed by atoms with E-state index in [4.69, 9.17) is 10.8 Å². The van der Waals surface area contributed by atoms with Crippen molar-refractivity contribution in [3.8, 4) is 0 Å². The molecule has 3 nitrogen and oxygen atoms in total. The summed E-state index contributed by atoms with van der Waals surface area (Å²) in [6.45, 7) is 8.08. The summed E-state index contributed by atoms with van der Waals surface area (Å²) in [6.07, 6.45) is 5.07. The summed E-state index contributed by atoms with van der Waals surface area (Å²) in [5.41, 5.74) is 7.55. The molecule has 3 N–H and O–H groups in total. The third-order valence-electron chi connectivity index (χ3n) is 2.56. The molecule has 0 saturated carbocycles. The van der Waals surface area contributed by atoms with Crippen LogP contribution in [0.4, 0.5) is 0 Å². The zero-order chi connectivity index (χ0) is 12.7. The van der Waals surface area contributed by atoms with Crippen molar-refractivity contribution in [2.24, 2.45) is 11.7 Å². The van der Waals surface area contributed by atoms with Crippen molar-refractivity contribution in [3.63, 3.8) is 0 Å². The van der Waals surface area contributed by atoms with E-state index < -0.39 is 5.97 Å². The second-order valence-electron chi connectivity index (χ2n) is 4.67. The van der Waals surface area contributed by atoms with E-state index in [9.17, 15) is 4.79 Å². The van der Waals surface area contributed by atoms with E-state index in [2.05, 4.69) is 26.8 Å². The first-order chi connectivity index (χ1) is 7.34. The predicted octanol–water partition coefficient (Wildman–Crippen LogP) is 3.08. The van der Waals surface area contributed by atoms with E-state index in [0.29, 0.717) is 5.92 Å². The number of hydrogen-bond acceptors (Lipinski definition) is 2. The number of aliphatic carboxylic acids is 1. The van der Waals surface area contributed by atoms with E-state index in [-0.39, 0.29) is 5.70 Å². The molecule has 0 radical (unpaired) electrons. The topological polar surface area (TPSA) is 63.3 Å². The van der Waals surface area contributed by atoms with Crippen LogP contribution in [0.1, 0.15) is 47.0 Å². The highest BCUT2D eigenvalue weighted by Crippen LogP contribution is 2.18. The van der Waals surface area contributed by atoms with Gasteiger partial charge in [-0.15, -0.1) is 0 Å². The first kappa shape index (κ1) is 14.8. The summed E-state index contributed by atoms with van der Waals surface area (Å²) in [5.74, 6) is -0.553. The van der Waals surface area contributed by atoms with Crippen molar-refractivity contribution in [2.45, 2.75) is 47.0 Å². The van der Waals surface area contributed by atoms with Crippen molar-refractivity contribution in [2.75, 3.05) is 0 Å². The lowest BCUT2D eigenvalue weighted by Crippen LogP contribution is -2.13. The maximum absolute atomic E-state index is 10.6. The Morgan fingerprint density at radius 1 is 1.38 bits per heavy atom. The Kier molecular flexibility index (Phi) is 6.54. The Morgan fingerprint density at radius 3 is 2.38 bits per heavy atom. The van der Waals surface area contributed by atoms with Crippen molar-refractivity contribution < 1.29 is 9.90 Å². The van der Waals surface area contributed by atoms with Crippen LogP contribution in [0, 0.1) is 5.92 Å². The van der Waals surface area contributed by atoms with Crippen molar-refractivity contribution >= 4 is 5.97 Å². The summed E-state index contributed by atoms with van der Waals surface area (Å²) < 4.78 is 0. The molecule has 92 valence electrons. The van der Waals surface area contributed by atoms with E-state index in [1.165, 1.54) is 5.57 Å². The van der Waals surface area contributed by atoms with E-state index in [0.717, 1.165) is 24.8 Å². The number of nitrogens with two attached hydrogens (primary N) is 1. The van der Waals surface area contributed by atoms with Crippen LogP contribution in [0.3, 0.4) is 0 Å². The molecule has 3 heteroatoms. The quantitative estimate of drug-likeness (QED) is 0.539. The molecule has 1 atom stereocenters. The number of rotatable bonds is 6. The van der Waals surface area contributed by atoms with Gasteiger partial charge in [-0.1, -0.05) is 18.6 Å². The highest BCUT2D eigenvalue weighted by molar-refractivity contribution is 5.86. The van der Waals surface area contributed by atoms with Crippen molar-refractivity contribution in [1.29, 1.82) is 0 Å². The Morgan fingerprint density at radius 2 is 1.94 bits per heavy atom. The lowest BCUT2D eigenvalue weighted by molar-refractivity contribution is -0.132. The molecule has 1 unspecified atom stereocenters. The number of carbonyl (C=O) groups is 1. The van der Waals surface area contributed by atoms with Gasteiger partial charge in [0, 0.05) is 0 Å². The average Bonchev–Trinajstić information content (AvgIpc) is 2.15. The van der Waals surface area contributed by atoms with Crippen LogP contribution in [-0.2, 0) is 4.79 Å². The molecule has 0 aliphatic rings. The SMILES string of the molecule is CC(C)=CCCC(C)CC(C)=C(N)C(=O)O. The smallest absolute Gasteiger partial charge is 0.351 e. The molecule has 0 saturated heterocycles. The molecule has 16 heavy (non-hydrogen) atoms. The van der Waals surface area contributed by atoms with Crippen LogP contribution < -0.4 is 5.73 Å². The average molecular weight is 225 g/mol.